The van der Waals surface area contributed by atoms with Crippen LogP contribution >= 0.6 is 27.3 Å². The first-order valence-electron chi connectivity index (χ1n) is 14.8. The van der Waals surface area contributed by atoms with Gasteiger partial charge in [0.05, 0.1) is 39.6 Å². The third kappa shape index (κ3) is 7.07. The van der Waals surface area contributed by atoms with Gasteiger partial charge in [-0.05, 0) is 86.0 Å². The largest absolute Gasteiger partial charge is 0.491 e. The maximum atomic E-state index is 14.2. The lowest BCUT2D eigenvalue weighted by Crippen LogP contribution is -2.40. The number of halogens is 1. The molecule has 1 aromatic heterocycles. The van der Waals surface area contributed by atoms with Crippen LogP contribution in [0.25, 0.3) is 6.08 Å². The summed E-state index contributed by atoms with van der Waals surface area (Å²) < 4.78 is 26.4. The van der Waals surface area contributed by atoms with Crippen molar-refractivity contribution in [1.82, 2.24) is 4.57 Å². The van der Waals surface area contributed by atoms with Crippen molar-refractivity contribution < 1.29 is 23.7 Å². The van der Waals surface area contributed by atoms with Gasteiger partial charge in [-0.25, -0.2) is 9.79 Å². The van der Waals surface area contributed by atoms with Crippen molar-refractivity contribution in [2.24, 2.45) is 4.99 Å². The number of allylic oxidation sites excluding steroid dienone is 1. The van der Waals surface area contributed by atoms with E-state index in [1.807, 2.05) is 87.5 Å². The molecule has 0 N–H and O–H groups in total. The van der Waals surface area contributed by atoms with Crippen molar-refractivity contribution in [2.75, 3.05) is 13.2 Å². The van der Waals surface area contributed by atoms with Crippen molar-refractivity contribution in [3.63, 3.8) is 0 Å². The number of para-hydroxylation sites is 1. The molecule has 0 bridgehead atoms. The van der Waals surface area contributed by atoms with Crippen molar-refractivity contribution in [3.05, 3.63) is 119 Å². The Hall–Kier alpha value is -4.15. The summed E-state index contributed by atoms with van der Waals surface area (Å²) in [5.41, 5.74) is 2.96. The predicted molar refractivity (Wildman–Crippen MR) is 179 cm³/mol. The lowest BCUT2D eigenvalue weighted by Gasteiger charge is -2.26. The van der Waals surface area contributed by atoms with E-state index in [1.165, 1.54) is 11.3 Å². The molecule has 0 unspecified atom stereocenters. The maximum Gasteiger partial charge on any atom is 0.338 e. The molecule has 0 saturated carbocycles. The monoisotopic (exact) mass is 690 g/mol. The second-order valence-corrected chi connectivity index (χ2v) is 12.4. The van der Waals surface area contributed by atoms with Crippen LogP contribution < -0.4 is 29.1 Å². The number of aromatic nitrogens is 1. The van der Waals surface area contributed by atoms with Crippen molar-refractivity contribution in [1.29, 1.82) is 0 Å². The maximum absolute atomic E-state index is 14.2. The molecular formula is C35H35BrN2O6S. The van der Waals surface area contributed by atoms with Gasteiger partial charge in [0.2, 0.25) is 0 Å². The topological polar surface area (TPSA) is 88.4 Å². The number of hydrogen-bond acceptors (Lipinski definition) is 8. The number of rotatable bonds is 11. The van der Waals surface area contributed by atoms with Crippen LogP contribution in [-0.4, -0.2) is 29.9 Å². The molecule has 3 aromatic carbocycles. The van der Waals surface area contributed by atoms with Gasteiger partial charge in [0.1, 0.15) is 18.4 Å². The average molecular weight is 692 g/mol. The Bertz CT molecular complexity index is 1910. The van der Waals surface area contributed by atoms with Crippen LogP contribution in [0.1, 0.15) is 57.4 Å². The Morgan fingerprint density at radius 2 is 1.76 bits per heavy atom. The molecule has 1 aliphatic rings. The van der Waals surface area contributed by atoms with Crippen LogP contribution in [0.2, 0.25) is 0 Å². The molecule has 0 saturated heterocycles. The van der Waals surface area contributed by atoms with E-state index in [2.05, 4.69) is 15.9 Å². The smallest absolute Gasteiger partial charge is 0.338 e. The van der Waals surface area contributed by atoms with Gasteiger partial charge in [-0.1, -0.05) is 59.9 Å². The van der Waals surface area contributed by atoms with Gasteiger partial charge >= 0.3 is 5.97 Å². The Labute approximate surface area is 274 Å². The molecular weight excluding hydrogens is 656 g/mol. The summed E-state index contributed by atoms with van der Waals surface area (Å²) >= 11 is 4.91. The first kappa shape index (κ1) is 32.2. The summed E-state index contributed by atoms with van der Waals surface area (Å²) in [5.74, 6) is 1.20. The van der Waals surface area contributed by atoms with Crippen molar-refractivity contribution >= 4 is 39.3 Å². The number of fused-ring (bicyclic) bond motifs is 1. The highest BCUT2D eigenvalue weighted by molar-refractivity contribution is 9.10. The summed E-state index contributed by atoms with van der Waals surface area (Å²) in [6, 6.07) is 20.3. The standard InChI is InChI=1S/C35H35BrN2O6S/c1-6-41-28-18-24(17-26(36)32(28)43-20-23-13-9-8-10-14-23)19-29-33(39)38-31(25-15-11-12-16-27(25)44-21(3)4)30(34(40)42-7-2)22(5)37-35(38)45-29/h8-19,21,31H,6-7,20H2,1-5H3/b29-19+/t31-/m0/s1. The number of esters is 1. The van der Waals surface area contributed by atoms with Gasteiger partial charge < -0.3 is 18.9 Å². The van der Waals surface area contributed by atoms with Crippen LogP contribution in [0.3, 0.4) is 0 Å². The molecule has 0 aliphatic carbocycles. The third-order valence-corrected chi connectivity index (χ3v) is 8.52. The molecule has 45 heavy (non-hydrogen) atoms. The summed E-state index contributed by atoms with van der Waals surface area (Å²) in [6.07, 6.45) is 1.69. The molecule has 8 nitrogen and oxygen atoms in total. The molecule has 0 fully saturated rings. The Kier molecular flexibility index (Phi) is 10.2. The summed E-state index contributed by atoms with van der Waals surface area (Å²) in [6.45, 7) is 10.3. The van der Waals surface area contributed by atoms with E-state index in [4.69, 9.17) is 23.9 Å². The number of thiazole rings is 1. The molecule has 4 aromatic rings. The summed E-state index contributed by atoms with van der Waals surface area (Å²) in [7, 11) is 0. The van der Waals surface area contributed by atoms with E-state index >= 15 is 0 Å². The van der Waals surface area contributed by atoms with Gasteiger partial charge in [0.25, 0.3) is 5.56 Å². The SMILES string of the molecule is CCOC(=O)C1=C(C)N=c2s/c(=C/c3cc(Br)c(OCc4ccccc4)c(OCC)c3)c(=O)n2[C@H]1c1ccccc1OC(C)C. The van der Waals surface area contributed by atoms with Gasteiger partial charge in [0.15, 0.2) is 16.3 Å². The van der Waals surface area contributed by atoms with E-state index in [1.54, 1.807) is 24.5 Å². The van der Waals surface area contributed by atoms with E-state index in [9.17, 15) is 9.59 Å². The van der Waals surface area contributed by atoms with Crippen LogP contribution in [0.5, 0.6) is 17.2 Å². The summed E-state index contributed by atoms with van der Waals surface area (Å²) in [4.78, 5) is 32.7. The van der Waals surface area contributed by atoms with Crippen LogP contribution in [0, 0.1) is 0 Å². The fourth-order valence-electron chi connectivity index (χ4n) is 5.11. The van der Waals surface area contributed by atoms with Gasteiger partial charge in [0, 0.05) is 5.56 Å². The average Bonchev–Trinajstić information content (AvgIpc) is 3.30. The Balaban J connectivity index is 1.62. The normalized spacial score (nSPS) is 14.6. The van der Waals surface area contributed by atoms with Crippen molar-refractivity contribution in [2.45, 2.75) is 53.4 Å². The molecule has 5 rings (SSSR count). The molecule has 1 atom stereocenters. The molecule has 0 spiro atoms. The molecule has 10 heteroatoms. The zero-order chi connectivity index (χ0) is 32.1. The first-order chi connectivity index (χ1) is 21.7. The number of carbonyl (C=O) groups is 1. The lowest BCUT2D eigenvalue weighted by atomic mass is 9.95. The molecule has 0 radical (unpaired) electrons. The number of carbonyl (C=O) groups excluding carboxylic acids is 1. The first-order valence-corrected chi connectivity index (χ1v) is 16.4. The Morgan fingerprint density at radius 3 is 2.47 bits per heavy atom. The number of ether oxygens (including phenoxy) is 4. The molecule has 1 aliphatic heterocycles. The van der Waals surface area contributed by atoms with E-state index in [0.717, 1.165) is 11.1 Å². The minimum absolute atomic E-state index is 0.115. The fraction of sp³-hybridized carbons (Fsp3) is 0.286. The predicted octanol–water partition coefficient (Wildman–Crippen LogP) is 6.33. The van der Waals surface area contributed by atoms with E-state index < -0.39 is 12.0 Å². The second-order valence-electron chi connectivity index (χ2n) is 10.5. The zero-order valence-electron chi connectivity index (χ0n) is 25.8. The van der Waals surface area contributed by atoms with E-state index in [0.29, 0.717) is 61.1 Å². The van der Waals surface area contributed by atoms with Crippen LogP contribution in [0.4, 0.5) is 0 Å². The number of hydrogen-bond donors (Lipinski definition) is 0. The quantitative estimate of drug-likeness (QED) is 0.171. The molecule has 2 heterocycles. The number of benzene rings is 3. The highest BCUT2D eigenvalue weighted by Gasteiger charge is 2.35. The summed E-state index contributed by atoms with van der Waals surface area (Å²) in [5, 5.41) is 0. The van der Waals surface area contributed by atoms with E-state index in [-0.39, 0.29) is 18.3 Å². The minimum Gasteiger partial charge on any atom is -0.491 e. The number of nitrogens with zero attached hydrogens (tertiary/aromatic N) is 2. The van der Waals surface area contributed by atoms with Crippen LogP contribution in [0.15, 0.2) is 92.3 Å². The van der Waals surface area contributed by atoms with Gasteiger partial charge in [-0.15, -0.1) is 0 Å². The zero-order valence-corrected chi connectivity index (χ0v) is 28.2. The highest BCUT2D eigenvalue weighted by atomic mass is 79.9. The minimum atomic E-state index is -0.781. The van der Waals surface area contributed by atoms with Crippen LogP contribution in [-0.2, 0) is 16.1 Å². The highest BCUT2D eigenvalue weighted by Crippen LogP contribution is 2.38. The second kappa shape index (κ2) is 14.3. The molecule has 0 amide bonds. The Morgan fingerprint density at radius 1 is 1.02 bits per heavy atom. The van der Waals surface area contributed by atoms with Gasteiger partial charge in [-0.3, -0.25) is 9.36 Å². The fourth-order valence-corrected chi connectivity index (χ4v) is 6.73. The molecule has 234 valence electrons. The lowest BCUT2D eigenvalue weighted by molar-refractivity contribution is -0.139. The van der Waals surface area contributed by atoms with Gasteiger partial charge in [-0.2, -0.15) is 0 Å². The van der Waals surface area contributed by atoms with Crippen molar-refractivity contribution in [3.8, 4) is 17.2 Å². The third-order valence-electron chi connectivity index (χ3n) is 6.95.